The van der Waals surface area contributed by atoms with Gasteiger partial charge in [-0.3, -0.25) is 0 Å². The van der Waals surface area contributed by atoms with E-state index in [0.717, 1.165) is 13.2 Å². The third-order valence-corrected chi connectivity index (χ3v) is 4.12. The number of aromatic nitrogens is 1. The molecule has 140 valence electrons. The van der Waals surface area contributed by atoms with E-state index in [2.05, 4.69) is 15.0 Å². The number of halogens is 2. The van der Waals surface area contributed by atoms with E-state index in [4.69, 9.17) is 5.26 Å². The van der Waals surface area contributed by atoms with Crippen molar-refractivity contribution in [3.63, 3.8) is 0 Å². The molecular weight excluding hydrogens is 364 g/mol. The van der Waals surface area contributed by atoms with Gasteiger partial charge in [0.1, 0.15) is 29.1 Å². The summed E-state index contributed by atoms with van der Waals surface area (Å²) in [4.78, 5) is 16.0. The molecule has 7 heteroatoms. The molecule has 0 bridgehead atoms. The molecule has 0 spiro atoms. The van der Waals surface area contributed by atoms with E-state index >= 15 is 0 Å². The molecule has 0 radical (unpaired) electrons. The maximum Gasteiger partial charge on any atom is 0.341 e. The number of carbonyl (C=O) groups excluding carboxylic acids is 1. The molecule has 0 aliphatic rings. The summed E-state index contributed by atoms with van der Waals surface area (Å²) in [5, 5.41) is 11.7. The van der Waals surface area contributed by atoms with Crippen molar-refractivity contribution in [3.05, 3.63) is 83.1 Å². The zero-order valence-electron chi connectivity index (χ0n) is 14.9. The Labute approximate surface area is 160 Å². The molecule has 2 aromatic carbocycles. The molecule has 0 aliphatic heterocycles. The fourth-order valence-corrected chi connectivity index (χ4v) is 2.68. The van der Waals surface area contributed by atoms with E-state index in [9.17, 15) is 13.6 Å². The van der Waals surface area contributed by atoms with Crippen molar-refractivity contribution in [1.82, 2.24) is 4.98 Å². The number of methoxy groups -OCH3 is 1. The Bertz CT molecular complexity index is 1060. The van der Waals surface area contributed by atoms with Crippen molar-refractivity contribution in [2.24, 2.45) is 0 Å². The highest BCUT2D eigenvalue weighted by Gasteiger charge is 2.19. The number of rotatable bonds is 5. The maximum absolute atomic E-state index is 14.6. The van der Waals surface area contributed by atoms with Gasteiger partial charge in [-0.1, -0.05) is 24.3 Å². The van der Waals surface area contributed by atoms with Crippen molar-refractivity contribution in [2.75, 3.05) is 12.4 Å². The van der Waals surface area contributed by atoms with E-state index < -0.39 is 17.6 Å². The Balaban J connectivity index is 1.84. The summed E-state index contributed by atoms with van der Waals surface area (Å²) >= 11 is 0. The average molecular weight is 379 g/mol. The van der Waals surface area contributed by atoms with Crippen LogP contribution in [-0.4, -0.2) is 18.1 Å². The number of nitrogens with zero attached hydrogens (tertiary/aromatic N) is 2. The minimum absolute atomic E-state index is 0.165. The Morgan fingerprint density at radius 2 is 2.00 bits per heavy atom. The second kappa shape index (κ2) is 8.27. The van der Waals surface area contributed by atoms with Crippen LogP contribution < -0.4 is 5.32 Å². The number of carbonyl (C=O) groups is 1. The van der Waals surface area contributed by atoms with Crippen LogP contribution in [0.1, 0.15) is 21.5 Å². The topological polar surface area (TPSA) is 75.0 Å². The second-order valence-corrected chi connectivity index (χ2v) is 5.86. The standard InChI is InChI=1S/C21H15F2N3O2/c1-28-21(27)20-16(3-2-4-17(20)22)14-6-7-15(18(23)9-14)12-26-19-8-5-13(10-24)11-25-19/h2-9,11H,12H2,1H3,(H,25,26). The molecule has 3 aromatic rings. The first-order valence-corrected chi connectivity index (χ1v) is 8.29. The maximum atomic E-state index is 14.6. The van der Waals surface area contributed by atoms with Crippen molar-refractivity contribution < 1.29 is 18.3 Å². The molecule has 0 atom stereocenters. The number of nitrogens with one attached hydrogen (secondary N) is 1. The summed E-state index contributed by atoms with van der Waals surface area (Å²) in [7, 11) is 1.16. The zero-order valence-corrected chi connectivity index (χ0v) is 14.9. The van der Waals surface area contributed by atoms with Crippen LogP contribution in [-0.2, 0) is 11.3 Å². The lowest BCUT2D eigenvalue weighted by Crippen LogP contribution is -2.07. The predicted octanol–water partition coefficient (Wildman–Crippen LogP) is 4.30. The monoisotopic (exact) mass is 379 g/mol. The van der Waals surface area contributed by atoms with Crippen molar-refractivity contribution >= 4 is 11.8 Å². The second-order valence-electron chi connectivity index (χ2n) is 5.86. The molecule has 0 saturated heterocycles. The molecule has 1 heterocycles. The first kappa shape index (κ1) is 19.0. The molecule has 1 N–H and O–H groups in total. The minimum Gasteiger partial charge on any atom is -0.465 e. The quantitative estimate of drug-likeness (QED) is 0.669. The van der Waals surface area contributed by atoms with Crippen LogP contribution in [0, 0.1) is 23.0 Å². The number of esters is 1. The highest BCUT2D eigenvalue weighted by atomic mass is 19.1. The Morgan fingerprint density at radius 1 is 1.18 bits per heavy atom. The summed E-state index contributed by atoms with van der Waals surface area (Å²) in [5.74, 6) is -1.58. The number of benzene rings is 2. The lowest BCUT2D eigenvalue weighted by molar-refractivity contribution is 0.0596. The number of hydrogen-bond donors (Lipinski definition) is 1. The lowest BCUT2D eigenvalue weighted by atomic mass is 9.98. The van der Waals surface area contributed by atoms with E-state index in [-0.39, 0.29) is 17.7 Å². The van der Waals surface area contributed by atoms with Gasteiger partial charge in [0.25, 0.3) is 0 Å². The molecule has 0 unspecified atom stereocenters. The average Bonchev–Trinajstić information content (AvgIpc) is 2.72. The SMILES string of the molecule is COC(=O)c1c(F)cccc1-c1ccc(CNc2ccc(C#N)cn2)c(F)c1. The largest absolute Gasteiger partial charge is 0.465 e. The first-order chi connectivity index (χ1) is 13.5. The summed E-state index contributed by atoms with van der Waals surface area (Å²) in [6.07, 6.45) is 1.42. The van der Waals surface area contributed by atoms with Crippen LogP contribution in [0.3, 0.4) is 0 Å². The van der Waals surface area contributed by atoms with Crippen LogP contribution in [0.4, 0.5) is 14.6 Å². The van der Waals surface area contributed by atoms with Gasteiger partial charge >= 0.3 is 5.97 Å². The number of anilines is 1. The Morgan fingerprint density at radius 3 is 2.64 bits per heavy atom. The van der Waals surface area contributed by atoms with Crippen LogP contribution in [0.25, 0.3) is 11.1 Å². The summed E-state index contributed by atoms with van der Waals surface area (Å²) in [6, 6.07) is 13.7. The van der Waals surface area contributed by atoms with Gasteiger partial charge < -0.3 is 10.1 Å². The van der Waals surface area contributed by atoms with Gasteiger partial charge in [0, 0.05) is 18.3 Å². The fourth-order valence-electron chi connectivity index (χ4n) is 2.68. The lowest BCUT2D eigenvalue weighted by Gasteiger charge is -2.11. The third kappa shape index (κ3) is 3.96. The smallest absolute Gasteiger partial charge is 0.341 e. The van der Waals surface area contributed by atoms with Crippen LogP contribution in [0.15, 0.2) is 54.7 Å². The van der Waals surface area contributed by atoms with Crippen molar-refractivity contribution in [2.45, 2.75) is 6.54 Å². The van der Waals surface area contributed by atoms with Crippen molar-refractivity contribution in [3.8, 4) is 17.2 Å². The highest BCUT2D eigenvalue weighted by Crippen LogP contribution is 2.28. The van der Waals surface area contributed by atoms with E-state index in [1.807, 2.05) is 6.07 Å². The van der Waals surface area contributed by atoms with Gasteiger partial charge in [-0.2, -0.15) is 5.26 Å². The zero-order chi connectivity index (χ0) is 20.1. The fraction of sp³-hybridized carbons (Fsp3) is 0.0952. The number of nitriles is 1. The third-order valence-electron chi connectivity index (χ3n) is 4.12. The molecule has 0 amide bonds. The number of hydrogen-bond acceptors (Lipinski definition) is 5. The summed E-state index contributed by atoms with van der Waals surface area (Å²) < 4.78 is 33.3. The van der Waals surface area contributed by atoms with Gasteiger partial charge in [0.05, 0.1) is 12.7 Å². The van der Waals surface area contributed by atoms with Gasteiger partial charge in [-0.05, 0) is 35.4 Å². The van der Waals surface area contributed by atoms with Crippen LogP contribution in [0.2, 0.25) is 0 Å². The molecule has 1 aromatic heterocycles. The van der Waals surface area contributed by atoms with Gasteiger partial charge in [-0.15, -0.1) is 0 Å². The van der Waals surface area contributed by atoms with Gasteiger partial charge in [0.2, 0.25) is 0 Å². The van der Waals surface area contributed by atoms with E-state index in [1.165, 1.54) is 24.4 Å². The predicted molar refractivity (Wildman–Crippen MR) is 99.4 cm³/mol. The van der Waals surface area contributed by atoms with Gasteiger partial charge in [0.15, 0.2) is 0 Å². The molecule has 5 nitrogen and oxygen atoms in total. The minimum atomic E-state index is -0.828. The Hall–Kier alpha value is -3.79. The van der Waals surface area contributed by atoms with E-state index in [1.54, 1.807) is 24.3 Å². The Kier molecular flexibility index (Phi) is 5.61. The van der Waals surface area contributed by atoms with Crippen LogP contribution >= 0.6 is 0 Å². The normalized spacial score (nSPS) is 10.2. The molecule has 3 rings (SSSR count). The molecule has 0 saturated carbocycles. The molecule has 0 fully saturated rings. The van der Waals surface area contributed by atoms with Gasteiger partial charge in [-0.25, -0.2) is 18.6 Å². The van der Waals surface area contributed by atoms with Crippen LogP contribution in [0.5, 0.6) is 0 Å². The highest BCUT2D eigenvalue weighted by molar-refractivity contribution is 5.97. The summed E-state index contributed by atoms with van der Waals surface area (Å²) in [5.41, 5.74) is 1.16. The molecular formula is C21H15F2N3O2. The number of ether oxygens (including phenoxy) is 1. The molecule has 28 heavy (non-hydrogen) atoms. The first-order valence-electron chi connectivity index (χ1n) is 8.29. The molecule has 0 aliphatic carbocycles. The van der Waals surface area contributed by atoms with Crippen molar-refractivity contribution in [1.29, 1.82) is 5.26 Å². The summed E-state index contributed by atoms with van der Waals surface area (Å²) in [6.45, 7) is 0.165. The number of pyridine rings is 1. The van der Waals surface area contributed by atoms with E-state index in [0.29, 0.717) is 22.5 Å².